The number of amides is 1. The molecule has 0 saturated carbocycles. The number of esters is 1. The van der Waals surface area contributed by atoms with Crippen molar-refractivity contribution in [2.75, 3.05) is 18.6 Å². The second-order valence-corrected chi connectivity index (χ2v) is 8.04. The van der Waals surface area contributed by atoms with Gasteiger partial charge in [-0.15, -0.1) is 0 Å². The molecule has 1 aromatic rings. The third-order valence-electron chi connectivity index (χ3n) is 3.03. The minimum absolute atomic E-state index is 0.111. The van der Waals surface area contributed by atoms with E-state index in [-0.39, 0.29) is 24.2 Å². The van der Waals surface area contributed by atoms with E-state index in [0.717, 1.165) is 0 Å². The van der Waals surface area contributed by atoms with Crippen LogP contribution in [-0.2, 0) is 18.6 Å². The average molecular weight is 398 g/mol. The van der Waals surface area contributed by atoms with E-state index in [1.54, 1.807) is 0 Å². The number of methoxy groups -OCH3 is 1. The molecule has 1 aliphatic rings. The maximum Gasteiger partial charge on any atom is 0.340 e. The first-order valence-corrected chi connectivity index (χ1v) is 8.88. The van der Waals surface area contributed by atoms with Gasteiger partial charge in [-0.05, 0) is 22.0 Å². The quantitative estimate of drug-likeness (QED) is 0.434. The third kappa shape index (κ3) is 3.35. The molecular formula is C11H10BrClN2O5S. The van der Waals surface area contributed by atoms with E-state index in [9.17, 15) is 18.0 Å². The first-order chi connectivity index (χ1) is 9.74. The van der Waals surface area contributed by atoms with Crippen LogP contribution >= 0.6 is 26.6 Å². The van der Waals surface area contributed by atoms with Crippen molar-refractivity contribution in [2.24, 2.45) is 0 Å². The van der Waals surface area contributed by atoms with Crippen molar-refractivity contribution in [1.29, 1.82) is 0 Å². The van der Waals surface area contributed by atoms with Gasteiger partial charge in [0.25, 0.3) is 0 Å². The topological polar surface area (TPSA) is 93.6 Å². The summed E-state index contributed by atoms with van der Waals surface area (Å²) in [5.41, 5.74) is 0.304. The normalized spacial score (nSPS) is 18.9. The first kappa shape index (κ1) is 16.2. The van der Waals surface area contributed by atoms with Crippen LogP contribution < -0.4 is 4.90 Å². The van der Waals surface area contributed by atoms with Crippen molar-refractivity contribution in [3.63, 3.8) is 0 Å². The predicted octanol–water partition coefficient (Wildman–Crippen LogP) is 1.30. The van der Waals surface area contributed by atoms with E-state index in [0.29, 0.717) is 4.60 Å². The molecule has 1 amide bonds. The molecule has 114 valence electrons. The highest BCUT2D eigenvalue weighted by Gasteiger charge is 2.39. The van der Waals surface area contributed by atoms with Crippen LogP contribution in [0.1, 0.15) is 16.8 Å². The lowest BCUT2D eigenvalue weighted by atomic mass is 10.2. The van der Waals surface area contributed by atoms with Crippen LogP contribution in [0.25, 0.3) is 0 Å². The van der Waals surface area contributed by atoms with Crippen LogP contribution in [0, 0.1) is 0 Å². The Kier molecular flexibility index (Phi) is 4.54. The maximum absolute atomic E-state index is 12.0. The zero-order valence-corrected chi connectivity index (χ0v) is 13.9. The summed E-state index contributed by atoms with van der Waals surface area (Å²) in [7, 11) is 2.64. The van der Waals surface area contributed by atoms with Gasteiger partial charge in [-0.1, -0.05) is 0 Å². The average Bonchev–Trinajstić information content (AvgIpc) is 2.80. The molecule has 2 heterocycles. The molecule has 10 heteroatoms. The lowest BCUT2D eigenvalue weighted by molar-refractivity contribution is -0.117. The number of aromatic nitrogens is 1. The monoisotopic (exact) mass is 396 g/mol. The smallest absolute Gasteiger partial charge is 0.340 e. The standard InChI is InChI=1S/C11H10BrClN2O5S/c1-20-11(17)7-3-9(12)14-4-8(7)15-5-6(2-10(15)16)21(13,18)19/h3-4,6H,2,5H2,1H3. The van der Waals surface area contributed by atoms with Crippen molar-refractivity contribution in [3.05, 3.63) is 22.4 Å². The minimum Gasteiger partial charge on any atom is -0.465 e. The lowest BCUT2D eigenvalue weighted by Crippen LogP contribution is -2.28. The molecule has 1 unspecified atom stereocenters. The van der Waals surface area contributed by atoms with Gasteiger partial charge in [0.2, 0.25) is 15.0 Å². The third-order valence-corrected chi connectivity index (χ3v) is 5.34. The van der Waals surface area contributed by atoms with E-state index in [2.05, 4.69) is 25.7 Å². The van der Waals surface area contributed by atoms with E-state index in [1.165, 1.54) is 24.3 Å². The SMILES string of the molecule is COC(=O)c1cc(Br)ncc1N1CC(S(=O)(=O)Cl)CC1=O. The zero-order chi connectivity index (χ0) is 15.8. The van der Waals surface area contributed by atoms with Crippen molar-refractivity contribution < 1.29 is 22.7 Å². The summed E-state index contributed by atoms with van der Waals surface area (Å²) in [4.78, 5) is 28.9. The van der Waals surface area contributed by atoms with Crippen molar-refractivity contribution in [2.45, 2.75) is 11.7 Å². The molecule has 1 atom stereocenters. The Morgan fingerprint density at radius 1 is 1.57 bits per heavy atom. The van der Waals surface area contributed by atoms with Gasteiger partial charge in [-0.2, -0.15) is 0 Å². The molecule has 0 radical (unpaired) electrons. The van der Waals surface area contributed by atoms with E-state index in [1.807, 2.05) is 0 Å². The Morgan fingerprint density at radius 2 is 2.24 bits per heavy atom. The van der Waals surface area contributed by atoms with Crippen LogP contribution in [0.4, 0.5) is 5.69 Å². The molecule has 0 aliphatic carbocycles. The van der Waals surface area contributed by atoms with E-state index >= 15 is 0 Å². The Morgan fingerprint density at radius 3 is 2.76 bits per heavy atom. The summed E-state index contributed by atoms with van der Waals surface area (Å²) < 4.78 is 27.8. The number of anilines is 1. The summed E-state index contributed by atoms with van der Waals surface area (Å²) in [6, 6.07) is 1.40. The number of carbonyl (C=O) groups is 2. The maximum atomic E-state index is 12.0. The Bertz CT molecular complexity index is 709. The molecule has 0 aromatic carbocycles. The number of nitrogens with zero attached hydrogens (tertiary/aromatic N) is 2. The molecule has 0 N–H and O–H groups in total. The molecule has 1 fully saturated rings. The highest BCUT2D eigenvalue weighted by molar-refractivity contribution is 9.10. The van der Waals surface area contributed by atoms with Crippen LogP contribution in [-0.4, -0.2) is 44.2 Å². The van der Waals surface area contributed by atoms with Gasteiger partial charge in [0.15, 0.2) is 0 Å². The minimum atomic E-state index is -3.86. The predicted molar refractivity (Wildman–Crippen MR) is 78.8 cm³/mol. The summed E-state index contributed by atoms with van der Waals surface area (Å²) in [6.07, 6.45) is 1.07. The van der Waals surface area contributed by atoms with Gasteiger partial charge in [0.1, 0.15) is 9.85 Å². The summed E-state index contributed by atoms with van der Waals surface area (Å²) in [5.74, 6) is -1.10. The number of hydrogen-bond donors (Lipinski definition) is 0. The highest BCUT2D eigenvalue weighted by atomic mass is 79.9. The summed E-state index contributed by atoms with van der Waals surface area (Å²) in [6.45, 7) is -0.127. The molecule has 21 heavy (non-hydrogen) atoms. The Labute approximate surface area is 133 Å². The van der Waals surface area contributed by atoms with Crippen LogP contribution in [0.5, 0.6) is 0 Å². The molecular weight excluding hydrogens is 388 g/mol. The molecule has 1 aliphatic heterocycles. The van der Waals surface area contributed by atoms with Gasteiger partial charge >= 0.3 is 5.97 Å². The molecule has 0 spiro atoms. The number of hydrogen-bond acceptors (Lipinski definition) is 6. The van der Waals surface area contributed by atoms with Crippen molar-refractivity contribution in [1.82, 2.24) is 4.98 Å². The molecule has 2 rings (SSSR count). The fourth-order valence-electron chi connectivity index (χ4n) is 2.01. The summed E-state index contributed by atoms with van der Waals surface area (Å²) in [5, 5.41) is -1.01. The van der Waals surface area contributed by atoms with Crippen LogP contribution in [0.3, 0.4) is 0 Å². The Hall–Kier alpha value is -1.19. The summed E-state index contributed by atoms with van der Waals surface area (Å²) >= 11 is 3.12. The van der Waals surface area contributed by atoms with Gasteiger partial charge in [-0.3, -0.25) is 4.79 Å². The van der Waals surface area contributed by atoms with E-state index in [4.69, 9.17) is 10.7 Å². The van der Waals surface area contributed by atoms with Crippen molar-refractivity contribution in [3.8, 4) is 0 Å². The van der Waals surface area contributed by atoms with Gasteiger partial charge in [-0.25, -0.2) is 18.2 Å². The zero-order valence-electron chi connectivity index (χ0n) is 10.7. The molecule has 1 saturated heterocycles. The second kappa shape index (κ2) is 5.90. The van der Waals surface area contributed by atoms with Gasteiger partial charge in [0, 0.05) is 23.6 Å². The number of carbonyl (C=O) groups excluding carboxylic acids is 2. The fraction of sp³-hybridized carbons (Fsp3) is 0.364. The van der Waals surface area contributed by atoms with E-state index < -0.39 is 26.2 Å². The largest absolute Gasteiger partial charge is 0.465 e. The first-order valence-electron chi connectivity index (χ1n) is 5.71. The highest BCUT2D eigenvalue weighted by Crippen LogP contribution is 2.30. The number of ether oxygens (including phenoxy) is 1. The Balaban J connectivity index is 2.43. The number of rotatable bonds is 3. The van der Waals surface area contributed by atoms with Gasteiger partial charge < -0.3 is 9.64 Å². The second-order valence-electron chi connectivity index (χ2n) is 4.32. The number of pyridine rings is 1. The lowest BCUT2D eigenvalue weighted by Gasteiger charge is -2.18. The molecule has 1 aromatic heterocycles. The van der Waals surface area contributed by atoms with Crippen molar-refractivity contribution >= 4 is 53.2 Å². The molecule has 0 bridgehead atoms. The molecule has 7 nitrogen and oxygen atoms in total. The van der Waals surface area contributed by atoms with Gasteiger partial charge in [0.05, 0.1) is 24.6 Å². The fourth-order valence-corrected chi connectivity index (χ4v) is 3.37. The van der Waals surface area contributed by atoms with Crippen LogP contribution in [0.2, 0.25) is 0 Å². The number of halogens is 2. The van der Waals surface area contributed by atoms with Crippen LogP contribution in [0.15, 0.2) is 16.9 Å².